The monoisotopic (exact) mass is 314 g/mol. The average molecular weight is 314 g/mol. The summed E-state index contributed by atoms with van der Waals surface area (Å²) < 4.78 is 5.38. The Balaban J connectivity index is 1.82. The van der Waals surface area contributed by atoms with Crippen molar-refractivity contribution in [1.29, 1.82) is 0 Å². The van der Waals surface area contributed by atoms with E-state index in [2.05, 4.69) is 19.9 Å². The zero-order chi connectivity index (χ0) is 16.4. The maximum Gasteiger partial charge on any atom is 0.255 e. The molecule has 3 rings (SSSR count). The number of methoxy groups -OCH3 is 1. The van der Waals surface area contributed by atoms with Gasteiger partial charge in [-0.2, -0.15) is 0 Å². The van der Waals surface area contributed by atoms with E-state index in [1.807, 2.05) is 26.1 Å². The number of hydrogen-bond acceptors (Lipinski definition) is 5. The van der Waals surface area contributed by atoms with Gasteiger partial charge in [-0.25, -0.2) is 4.98 Å². The number of pyridine rings is 1. The fraction of sp³-hybridized carbons (Fsp3) is 0.471. The molecule has 0 fully saturated rings. The molecule has 6 nitrogen and oxygen atoms in total. The van der Waals surface area contributed by atoms with Crippen LogP contribution in [0.1, 0.15) is 42.4 Å². The highest BCUT2D eigenvalue weighted by molar-refractivity contribution is 5.30. The average Bonchev–Trinajstić information content (AvgIpc) is 2.55. The van der Waals surface area contributed by atoms with Crippen LogP contribution in [0.5, 0.6) is 5.75 Å². The van der Waals surface area contributed by atoms with Gasteiger partial charge in [0.15, 0.2) is 0 Å². The molecule has 0 radical (unpaired) electrons. The Labute approximate surface area is 135 Å². The number of aromatic amines is 1. The molecule has 0 aromatic carbocycles. The second kappa shape index (κ2) is 6.50. The van der Waals surface area contributed by atoms with Gasteiger partial charge in [0.2, 0.25) is 0 Å². The predicted octanol–water partition coefficient (Wildman–Crippen LogP) is 1.86. The largest absolute Gasteiger partial charge is 0.496 e. The maximum atomic E-state index is 12.4. The summed E-state index contributed by atoms with van der Waals surface area (Å²) in [7, 11) is 1.66. The fourth-order valence-electron chi connectivity index (χ4n) is 2.88. The Morgan fingerprint density at radius 2 is 2.26 bits per heavy atom. The van der Waals surface area contributed by atoms with E-state index in [0.29, 0.717) is 13.1 Å². The van der Waals surface area contributed by atoms with Gasteiger partial charge in [-0.05, 0) is 6.07 Å². The van der Waals surface area contributed by atoms with Gasteiger partial charge in [0.1, 0.15) is 11.6 Å². The second-order valence-corrected chi connectivity index (χ2v) is 6.18. The number of nitrogens with one attached hydrogen (secondary N) is 1. The molecule has 0 atom stereocenters. The quantitative estimate of drug-likeness (QED) is 0.932. The van der Waals surface area contributed by atoms with Crippen molar-refractivity contribution in [2.45, 2.75) is 39.3 Å². The molecule has 0 aliphatic carbocycles. The highest BCUT2D eigenvalue weighted by atomic mass is 16.5. The van der Waals surface area contributed by atoms with Crippen LogP contribution in [0.25, 0.3) is 0 Å². The number of H-pyrrole nitrogens is 1. The lowest BCUT2D eigenvalue weighted by molar-refractivity contribution is 0.237. The number of nitrogens with zero attached hydrogens (tertiary/aromatic N) is 3. The topological polar surface area (TPSA) is 71.1 Å². The molecule has 0 amide bonds. The van der Waals surface area contributed by atoms with Crippen LogP contribution >= 0.6 is 0 Å². The fourth-order valence-corrected chi connectivity index (χ4v) is 2.88. The summed E-state index contributed by atoms with van der Waals surface area (Å²) in [6.07, 6.45) is 4.33. The summed E-state index contributed by atoms with van der Waals surface area (Å²) in [6, 6.07) is 1.86. The summed E-state index contributed by atoms with van der Waals surface area (Å²) in [6.45, 7) is 6.26. The van der Waals surface area contributed by atoms with Crippen molar-refractivity contribution in [2.24, 2.45) is 0 Å². The molecule has 122 valence electrons. The van der Waals surface area contributed by atoms with Crippen molar-refractivity contribution in [3.63, 3.8) is 0 Å². The van der Waals surface area contributed by atoms with Crippen molar-refractivity contribution >= 4 is 0 Å². The van der Waals surface area contributed by atoms with Crippen LogP contribution in [0.4, 0.5) is 0 Å². The molecular weight excluding hydrogens is 292 g/mol. The van der Waals surface area contributed by atoms with Crippen LogP contribution in [0, 0.1) is 0 Å². The lowest BCUT2D eigenvalue weighted by Crippen LogP contribution is -2.36. The van der Waals surface area contributed by atoms with E-state index in [1.165, 1.54) is 0 Å². The van der Waals surface area contributed by atoms with E-state index >= 15 is 0 Å². The molecule has 3 heterocycles. The first-order valence-corrected chi connectivity index (χ1v) is 7.89. The van der Waals surface area contributed by atoms with Gasteiger partial charge < -0.3 is 9.72 Å². The Morgan fingerprint density at radius 3 is 3.00 bits per heavy atom. The smallest absolute Gasteiger partial charge is 0.255 e. The van der Waals surface area contributed by atoms with Crippen molar-refractivity contribution in [1.82, 2.24) is 19.9 Å². The molecule has 1 N–H and O–H groups in total. The maximum absolute atomic E-state index is 12.4. The van der Waals surface area contributed by atoms with Crippen LogP contribution in [0.3, 0.4) is 0 Å². The summed E-state index contributed by atoms with van der Waals surface area (Å²) in [5.41, 5.74) is 2.73. The minimum Gasteiger partial charge on any atom is -0.496 e. The molecule has 23 heavy (non-hydrogen) atoms. The normalized spacial score (nSPS) is 14.8. The molecule has 2 aromatic rings. The number of hydrogen-bond donors (Lipinski definition) is 1. The number of aromatic nitrogens is 3. The van der Waals surface area contributed by atoms with Crippen LogP contribution < -0.4 is 10.3 Å². The molecule has 1 aliphatic rings. The second-order valence-electron chi connectivity index (χ2n) is 6.18. The van der Waals surface area contributed by atoms with Gasteiger partial charge in [0, 0.05) is 49.9 Å². The molecule has 0 saturated heterocycles. The Hall–Kier alpha value is -2.21. The molecular formula is C17H22N4O2. The van der Waals surface area contributed by atoms with Gasteiger partial charge >= 0.3 is 0 Å². The van der Waals surface area contributed by atoms with E-state index < -0.39 is 0 Å². The Morgan fingerprint density at radius 1 is 1.43 bits per heavy atom. The minimum absolute atomic E-state index is 0.0125. The van der Waals surface area contributed by atoms with Crippen molar-refractivity contribution in [2.75, 3.05) is 13.7 Å². The van der Waals surface area contributed by atoms with Gasteiger partial charge in [-0.15, -0.1) is 0 Å². The molecule has 1 aliphatic heterocycles. The van der Waals surface area contributed by atoms with Gasteiger partial charge in [-0.3, -0.25) is 14.7 Å². The minimum atomic E-state index is -0.0125. The van der Waals surface area contributed by atoms with Crippen molar-refractivity contribution in [3.8, 4) is 5.75 Å². The lowest BCUT2D eigenvalue weighted by atomic mass is 10.1. The lowest BCUT2D eigenvalue weighted by Gasteiger charge is -2.28. The molecule has 6 heteroatoms. The van der Waals surface area contributed by atoms with Crippen molar-refractivity contribution < 1.29 is 4.74 Å². The predicted molar refractivity (Wildman–Crippen MR) is 87.6 cm³/mol. The zero-order valence-corrected chi connectivity index (χ0v) is 13.8. The molecule has 2 aromatic heterocycles. The van der Waals surface area contributed by atoms with E-state index in [1.54, 1.807) is 13.3 Å². The van der Waals surface area contributed by atoms with Gasteiger partial charge in [0.25, 0.3) is 5.56 Å². The summed E-state index contributed by atoms with van der Waals surface area (Å²) in [4.78, 5) is 26.3. The third kappa shape index (κ3) is 3.27. The summed E-state index contributed by atoms with van der Waals surface area (Å²) in [5, 5.41) is 0. The van der Waals surface area contributed by atoms with Gasteiger partial charge in [0.05, 0.1) is 18.4 Å². The van der Waals surface area contributed by atoms with E-state index in [9.17, 15) is 4.79 Å². The van der Waals surface area contributed by atoms with E-state index in [4.69, 9.17) is 4.74 Å². The van der Waals surface area contributed by atoms with Crippen LogP contribution in [-0.4, -0.2) is 33.5 Å². The molecule has 0 saturated carbocycles. The van der Waals surface area contributed by atoms with Gasteiger partial charge in [-0.1, -0.05) is 13.8 Å². The highest BCUT2D eigenvalue weighted by Crippen LogP contribution is 2.22. The van der Waals surface area contributed by atoms with Crippen LogP contribution in [0.15, 0.2) is 23.3 Å². The molecule has 0 spiro atoms. The zero-order valence-electron chi connectivity index (χ0n) is 13.8. The first kappa shape index (κ1) is 15.7. The molecule has 0 unspecified atom stereocenters. The SMILES string of the molecule is COc1ccncc1CN1CCc2nc(C(C)C)[nH]c(=O)c2C1. The van der Waals surface area contributed by atoms with Crippen molar-refractivity contribution in [3.05, 3.63) is 51.5 Å². The number of rotatable bonds is 4. The first-order chi connectivity index (χ1) is 11.1. The molecule has 0 bridgehead atoms. The van der Waals surface area contributed by atoms with E-state index in [-0.39, 0.29) is 11.5 Å². The number of fused-ring (bicyclic) bond motifs is 1. The third-order valence-corrected chi connectivity index (χ3v) is 4.19. The van der Waals surface area contributed by atoms with Crippen LogP contribution in [-0.2, 0) is 19.5 Å². The number of ether oxygens (including phenoxy) is 1. The van der Waals surface area contributed by atoms with Crippen LogP contribution in [0.2, 0.25) is 0 Å². The highest BCUT2D eigenvalue weighted by Gasteiger charge is 2.22. The third-order valence-electron chi connectivity index (χ3n) is 4.19. The first-order valence-electron chi connectivity index (χ1n) is 7.89. The van der Waals surface area contributed by atoms with E-state index in [0.717, 1.165) is 41.4 Å². The summed E-state index contributed by atoms with van der Waals surface area (Å²) in [5.74, 6) is 1.83. The Kier molecular flexibility index (Phi) is 4.43. The standard InChI is InChI=1S/C17H22N4O2/c1-11(2)16-19-14-5-7-21(10-13(14)17(22)20-16)9-12-8-18-6-4-15(12)23-3/h4,6,8,11H,5,7,9-10H2,1-3H3,(H,19,20,22). The summed E-state index contributed by atoms with van der Waals surface area (Å²) >= 11 is 0. The Bertz CT molecular complexity index is 754.